The van der Waals surface area contributed by atoms with E-state index < -0.39 is 10.0 Å². The van der Waals surface area contributed by atoms with E-state index in [0.717, 1.165) is 17.5 Å². The molecule has 0 bridgehead atoms. The van der Waals surface area contributed by atoms with E-state index in [0.29, 0.717) is 23.9 Å². The number of carbonyl (C=O) groups excluding carboxylic acids is 2. The van der Waals surface area contributed by atoms with Crippen molar-refractivity contribution in [3.05, 3.63) is 29.3 Å². The van der Waals surface area contributed by atoms with Gasteiger partial charge in [0.25, 0.3) is 0 Å². The Kier molecular flexibility index (Phi) is 5.58. The smallest absolute Gasteiger partial charge is 0.243 e. The molecule has 2 fully saturated rings. The van der Waals surface area contributed by atoms with Gasteiger partial charge in [-0.05, 0) is 43.4 Å². The van der Waals surface area contributed by atoms with Crippen molar-refractivity contribution in [3.8, 4) is 0 Å². The second kappa shape index (κ2) is 7.59. The van der Waals surface area contributed by atoms with Crippen LogP contribution < -0.4 is 5.32 Å². The van der Waals surface area contributed by atoms with Crippen LogP contribution in [0.15, 0.2) is 23.1 Å². The maximum atomic E-state index is 12.9. The van der Waals surface area contributed by atoms with Crippen molar-refractivity contribution in [2.24, 2.45) is 11.8 Å². The summed E-state index contributed by atoms with van der Waals surface area (Å²) in [5, 5.41) is 2.69. The summed E-state index contributed by atoms with van der Waals surface area (Å²) >= 11 is 0. The molecule has 0 spiro atoms. The number of hydrogen-bond acceptors (Lipinski definition) is 4. The molecule has 7 nitrogen and oxygen atoms in total. The molecule has 1 aromatic rings. The van der Waals surface area contributed by atoms with E-state index in [1.807, 2.05) is 26.0 Å². The van der Waals surface area contributed by atoms with Gasteiger partial charge in [-0.2, -0.15) is 4.31 Å². The lowest BCUT2D eigenvalue weighted by Crippen LogP contribution is -2.52. The van der Waals surface area contributed by atoms with Crippen LogP contribution in [0.3, 0.4) is 0 Å². The van der Waals surface area contributed by atoms with Gasteiger partial charge in [0.2, 0.25) is 21.8 Å². The zero-order valence-corrected chi connectivity index (χ0v) is 16.9. The van der Waals surface area contributed by atoms with E-state index >= 15 is 0 Å². The zero-order valence-electron chi connectivity index (χ0n) is 16.1. The van der Waals surface area contributed by atoms with E-state index in [9.17, 15) is 18.0 Å². The highest BCUT2D eigenvalue weighted by molar-refractivity contribution is 7.89. The van der Waals surface area contributed by atoms with Gasteiger partial charge >= 0.3 is 0 Å². The van der Waals surface area contributed by atoms with Gasteiger partial charge < -0.3 is 10.2 Å². The van der Waals surface area contributed by atoms with Gasteiger partial charge in [-0.3, -0.25) is 9.59 Å². The summed E-state index contributed by atoms with van der Waals surface area (Å²) < 4.78 is 27.3. The second-order valence-electron chi connectivity index (χ2n) is 7.59. The molecule has 2 atom stereocenters. The molecular formula is C19H27N3O4S. The summed E-state index contributed by atoms with van der Waals surface area (Å²) in [7, 11) is -3.57. The summed E-state index contributed by atoms with van der Waals surface area (Å²) in [5.74, 6) is 0.212. The number of carbonyl (C=O) groups is 2. The van der Waals surface area contributed by atoms with Crippen molar-refractivity contribution < 1.29 is 18.0 Å². The number of rotatable bonds is 5. The third kappa shape index (κ3) is 4.32. The molecule has 1 heterocycles. The third-order valence-corrected chi connectivity index (χ3v) is 7.45. The van der Waals surface area contributed by atoms with Crippen LogP contribution in [0.4, 0.5) is 0 Å². The average Bonchev–Trinajstić information content (AvgIpc) is 3.38. The Bertz CT molecular complexity index is 845. The van der Waals surface area contributed by atoms with E-state index in [4.69, 9.17) is 0 Å². The highest BCUT2D eigenvalue weighted by atomic mass is 32.2. The highest BCUT2D eigenvalue weighted by Crippen LogP contribution is 2.37. The Morgan fingerprint density at radius 3 is 2.37 bits per heavy atom. The third-order valence-electron chi connectivity index (χ3n) is 5.41. The molecule has 0 aromatic heterocycles. The Morgan fingerprint density at radius 1 is 1.15 bits per heavy atom. The van der Waals surface area contributed by atoms with Gasteiger partial charge in [-0.25, -0.2) is 8.42 Å². The first-order chi connectivity index (χ1) is 12.7. The lowest BCUT2D eigenvalue weighted by Gasteiger charge is -2.34. The fourth-order valence-corrected chi connectivity index (χ4v) is 5.13. The SMILES string of the molecule is Cc1ccc(C)c(S(=O)(=O)N2CCN(C(=O)CNC(=O)[C@H]3C[C@@H]3C)CC2)c1. The molecule has 1 aliphatic carbocycles. The molecule has 1 aromatic carbocycles. The maximum Gasteiger partial charge on any atom is 0.243 e. The minimum atomic E-state index is -3.57. The van der Waals surface area contributed by atoms with Crippen molar-refractivity contribution >= 4 is 21.8 Å². The fourth-order valence-electron chi connectivity index (χ4n) is 3.40. The van der Waals surface area contributed by atoms with Crippen LogP contribution in [0, 0.1) is 25.7 Å². The largest absolute Gasteiger partial charge is 0.347 e. The van der Waals surface area contributed by atoms with Gasteiger partial charge in [0.05, 0.1) is 11.4 Å². The Balaban J connectivity index is 1.55. The predicted octanol–water partition coefficient (Wildman–Crippen LogP) is 0.909. The molecule has 0 radical (unpaired) electrons. The average molecular weight is 394 g/mol. The summed E-state index contributed by atoms with van der Waals surface area (Å²) in [6.45, 7) is 6.83. The minimum absolute atomic E-state index is 0.0220. The van der Waals surface area contributed by atoms with Gasteiger partial charge in [0, 0.05) is 32.1 Å². The molecule has 148 valence electrons. The molecule has 1 saturated heterocycles. The molecule has 1 aliphatic heterocycles. The van der Waals surface area contributed by atoms with Crippen molar-refractivity contribution in [2.45, 2.75) is 32.1 Å². The maximum absolute atomic E-state index is 12.9. The van der Waals surface area contributed by atoms with Crippen LogP contribution in [0.5, 0.6) is 0 Å². The molecular weight excluding hydrogens is 366 g/mol. The van der Waals surface area contributed by atoms with Crippen LogP contribution in [0.1, 0.15) is 24.5 Å². The summed E-state index contributed by atoms with van der Waals surface area (Å²) in [5.41, 5.74) is 1.62. The van der Waals surface area contributed by atoms with Crippen molar-refractivity contribution in [1.29, 1.82) is 0 Å². The van der Waals surface area contributed by atoms with Crippen molar-refractivity contribution in [3.63, 3.8) is 0 Å². The van der Waals surface area contributed by atoms with E-state index in [-0.39, 0.29) is 37.4 Å². The molecule has 3 rings (SSSR count). The first kappa shape index (κ1) is 19.8. The lowest BCUT2D eigenvalue weighted by molar-refractivity contribution is -0.134. The van der Waals surface area contributed by atoms with Crippen LogP contribution in [0.25, 0.3) is 0 Å². The van der Waals surface area contributed by atoms with Crippen LogP contribution >= 0.6 is 0 Å². The van der Waals surface area contributed by atoms with E-state index in [1.165, 1.54) is 4.31 Å². The first-order valence-electron chi connectivity index (χ1n) is 9.33. The van der Waals surface area contributed by atoms with Gasteiger partial charge in [-0.1, -0.05) is 19.1 Å². The summed E-state index contributed by atoms with van der Waals surface area (Å²) in [6, 6.07) is 5.39. The Labute approximate surface area is 160 Å². The van der Waals surface area contributed by atoms with Crippen LogP contribution in [-0.2, 0) is 19.6 Å². The number of benzene rings is 1. The molecule has 8 heteroatoms. The monoisotopic (exact) mass is 393 g/mol. The number of aryl methyl sites for hydroxylation is 2. The highest BCUT2D eigenvalue weighted by Gasteiger charge is 2.39. The molecule has 2 amide bonds. The zero-order chi connectivity index (χ0) is 19.8. The number of nitrogens with zero attached hydrogens (tertiary/aromatic N) is 2. The summed E-state index contributed by atoms with van der Waals surface area (Å²) in [4.78, 5) is 26.1. The Hall–Kier alpha value is -1.93. The van der Waals surface area contributed by atoms with Crippen molar-refractivity contribution in [1.82, 2.24) is 14.5 Å². The lowest BCUT2D eigenvalue weighted by atomic mass is 10.2. The normalized spacial score (nSPS) is 23.1. The molecule has 2 aliphatic rings. The van der Waals surface area contributed by atoms with Gasteiger partial charge in [0.1, 0.15) is 0 Å². The van der Waals surface area contributed by atoms with Crippen molar-refractivity contribution in [2.75, 3.05) is 32.7 Å². The number of amides is 2. The van der Waals surface area contributed by atoms with Gasteiger partial charge in [0.15, 0.2) is 0 Å². The molecule has 27 heavy (non-hydrogen) atoms. The van der Waals surface area contributed by atoms with E-state index in [1.54, 1.807) is 17.9 Å². The fraction of sp³-hybridized carbons (Fsp3) is 0.579. The minimum Gasteiger partial charge on any atom is -0.347 e. The number of hydrogen-bond donors (Lipinski definition) is 1. The summed E-state index contributed by atoms with van der Waals surface area (Å²) in [6.07, 6.45) is 0.884. The first-order valence-corrected chi connectivity index (χ1v) is 10.8. The molecule has 0 unspecified atom stereocenters. The standard InChI is InChI=1S/C19H27N3O4S/c1-13-4-5-14(2)17(10-13)27(25,26)22-8-6-21(7-9-22)18(23)12-20-19(24)16-11-15(16)3/h4-5,10,15-16H,6-9,11-12H2,1-3H3,(H,20,24)/t15-,16-/m0/s1. The second-order valence-corrected chi connectivity index (χ2v) is 9.50. The van der Waals surface area contributed by atoms with Crippen LogP contribution in [0.2, 0.25) is 0 Å². The number of nitrogens with one attached hydrogen (secondary N) is 1. The number of piperazine rings is 1. The van der Waals surface area contributed by atoms with Crippen LogP contribution in [-0.4, -0.2) is 62.2 Å². The number of sulfonamides is 1. The Morgan fingerprint density at radius 2 is 1.78 bits per heavy atom. The quantitative estimate of drug-likeness (QED) is 0.806. The van der Waals surface area contributed by atoms with Gasteiger partial charge in [-0.15, -0.1) is 0 Å². The predicted molar refractivity (Wildman–Crippen MR) is 102 cm³/mol. The van der Waals surface area contributed by atoms with E-state index in [2.05, 4.69) is 5.32 Å². The topological polar surface area (TPSA) is 86.8 Å². The molecule has 1 saturated carbocycles. The molecule has 1 N–H and O–H groups in total.